The largest absolute Gasteiger partial charge is 0.399 e. The number of imide groups is 1. The Hall–Kier alpha value is -2.37. The number of anilines is 2. The van der Waals surface area contributed by atoms with Crippen molar-refractivity contribution in [1.29, 1.82) is 0 Å². The zero-order valence-electron chi connectivity index (χ0n) is 9.68. The Bertz CT molecular complexity index is 497. The van der Waals surface area contributed by atoms with Crippen molar-refractivity contribution in [3.05, 3.63) is 24.3 Å². The minimum absolute atomic E-state index is 0.185. The van der Waals surface area contributed by atoms with Gasteiger partial charge in [0.05, 0.1) is 0 Å². The first-order chi connectivity index (χ1) is 8.56. The van der Waals surface area contributed by atoms with Gasteiger partial charge in [0.1, 0.15) is 6.54 Å². The molecule has 6 nitrogen and oxygen atoms in total. The predicted molar refractivity (Wildman–Crippen MR) is 65.4 cm³/mol. The molecule has 1 aromatic rings. The molecule has 0 radical (unpaired) electrons. The number of rotatable bonds is 3. The molecule has 0 spiro atoms. The van der Waals surface area contributed by atoms with E-state index in [1.807, 2.05) is 0 Å². The van der Waals surface area contributed by atoms with Gasteiger partial charge in [-0.05, 0) is 18.2 Å². The maximum Gasteiger partial charge on any atom is 0.244 e. The fourth-order valence-corrected chi connectivity index (χ4v) is 1.76. The molecule has 1 aliphatic rings. The highest BCUT2D eigenvalue weighted by atomic mass is 16.2. The third-order valence-corrected chi connectivity index (χ3v) is 2.63. The van der Waals surface area contributed by atoms with Crippen LogP contribution in [-0.4, -0.2) is 29.2 Å². The number of nitrogens with zero attached hydrogens (tertiary/aromatic N) is 1. The van der Waals surface area contributed by atoms with E-state index >= 15 is 0 Å². The van der Waals surface area contributed by atoms with E-state index in [9.17, 15) is 14.4 Å². The minimum Gasteiger partial charge on any atom is -0.399 e. The number of amides is 3. The van der Waals surface area contributed by atoms with Crippen LogP contribution >= 0.6 is 0 Å². The van der Waals surface area contributed by atoms with Gasteiger partial charge in [-0.15, -0.1) is 0 Å². The van der Waals surface area contributed by atoms with E-state index in [2.05, 4.69) is 5.32 Å². The van der Waals surface area contributed by atoms with Gasteiger partial charge in [-0.1, -0.05) is 6.07 Å². The molecule has 94 valence electrons. The van der Waals surface area contributed by atoms with E-state index in [0.29, 0.717) is 11.4 Å². The molecule has 6 heteroatoms. The molecule has 0 aliphatic carbocycles. The summed E-state index contributed by atoms with van der Waals surface area (Å²) in [6, 6.07) is 6.69. The van der Waals surface area contributed by atoms with Gasteiger partial charge >= 0.3 is 0 Å². The molecule has 0 unspecified atom stereocenters. The average molecular weight is 247 g/mol. The number of hydrogen-bond donors (Lipinski definition) is 2. The maximum absolute atomic E-state index is 11.7. The van der Waals surface area contributed by atoms with Crippen LogP contribution in [0, 0.1) is 0 Å². The summed E-state index contributed by atoms with van der Waals surface area (Å²) in [7, 11) is 0. The Kier molecular flexibility index (Phi) is 3.27. The number of nitrogen functional groups attached to an aromatic ring is 1. The van der Waals surface area contributed by atoms with Crippen LogP contribution in [0.2, 0.25) is 0 Å². The number of nitrogens with one attached hydrogen (secondary N) is 1. The van der Waals surface area contributed by atoms with Gasteiger partial charge in [-0.25, -0.2) is 0 Å². The van der Waals surface area contributed by atoms with Crippen LogP contribution in [0.3, 0.4) is 0 Å². The van der Waals surface area contributed by atoms with Crippen molar-refractivity contribution in [2.75, 3.05) is 17.6 Å². The number of nitrogens with two attached hydrogens (primary N) is 1. The van der Waals surface area contributed by atoms with E-state index in [-0.39, 0.29) is 31.2 Å². The molecule has 2 rings (SSSR count). The summed E-state index contributed by atoms with van der Waals surface area (Å²) < 4.78 is 0. The van der Waals surface area contributed by atoms with Crippen LogP contribution in [0.15, 0.2) is 24.3 Å². The van der Waals surface area contributed by atoms with Crippen molar-refractivity contribution in [2.24, 2.45) is 0 Å². The maximum atomic E-state index is 11.7. The highest BCUT2D eigenvalue weighted by Gasteiger charge is 2.30. The summed E-state index contributed by atoms with van der Waals surface area (Å²) in [6.45, 7) is -0.244. The quantitative estimate of drug-likeness (QED) is 0.595. The first-order valence-electron chi connectivity index (χ1n) is 5.55. The monoisotopic (exact) mass is 247 g/mol. The van der Waals surface area contributed by atoms with E-state index in [0.717, 1.165) is 4.90 Å². The van der Waals surface area contributed by atoms with E-state index in [4.69, 9.17) is 5.73 Å². The predicted octanol–water partition coefficient (Wildman–Crippen LogP) is 0.356. The van der Waals surface area contributed by atoms with Gasteiger partial charge in [0, 0.05) is 24.2 Å². The van der Waals surface area contributed by atoms with Crippen LogP contribution in [0.1, 0.15) is 12.8 Å². The number of hydrogen-bond acceptors (Lipinski definition) is 4. The molecular weight excluding hydrogens is 234 g/mol. The second kappa shape index (κ2) is 4.87. The zero-order chi connectivity index (χ0) is 13.1. The van der Waals surface area contributed by atoms with Gasteiger partial charge in [-0.3, -0.25) is 19.3 Å². The average Bonchev–Trinajstić information content (AvgIpc) is 2.61. The van der Waals surface area contributed by atoms with Gasteiger partial charge in [-0.2, -0.15) is 0 Å². The van der Waals surface area contributed by atoms with Crippen molar-refractivity contribution in [2.45, 2.75) is 12.8 Å². The molecule has 18 heavy (non-hydrogen) atoms. The number of benzene rings is 1. The molecule has 1 heterocycles. The lowest BCUT2D eigenvalue weighted by atomic mass is 10.3. The first-order valence-corrected chi connectivity index (χ1v) is 5.55. The smallest absolute Gasteiger partial charge is 0.244 e. The summed E-state index contributed by atoms with van der Waals surface area (Å²) >= 11 is 0. The SMILES string of the molecule is Nc1cccc(NC(=O)CN2C(=O)CCC2=O)c1. The Morgan fingerprint density at radius 3 is 2.56 bits per heavy atom. The summed E-state index contributed by atoms with van der Waals surface area (Å²) in [5.74, 6) is -1.02. The Morgan fingerprint density at radius 2 is 1.94 bits per heavy atom. The van der Waals surface area contributed by atoms with E-state index in [1.54, 1.807) is 24.3 Å². The van der Waals surface area contributed by atoms with Crippen molar-refractivity contribution < 1.29 is 14.4 Å². The van der Waals surface area contributed by atoms with E-state index in [1.165, 1.54) is 0 Å². The van der Waals surface area contributed by atoms with Crippen molar-refractivity contribution in [1.82, 2.24) is 4.90 Å². The number of carbonyl (C=O) groups is 3. The molecule has 1 aliphatic heterocycles. The molecule has 1 fully saturated rings. The highest BCUT2D eigenvalue weighted by Crippen LogP contribution is 2.14. The normalized spacial score (nSPS) is 15.0. The van der Waals surface area contributed by atoms with Crippen molar-refractivity contribution in [3.63, 3.8) is 0 Å². The van der Waals surface area contributed by atoms with Crippen LogP contribution < -0.4 is 11.1 Å². The lowest BCUT2D eigenvalue weighted by Gasteiger charge is -2.13. The first kappa shape index (κ1) is 12.1. The van der Waals surface area contributed by atoms with E-state index < -0.39 is 5.91 Å². The molecule has 0 saturated carbocycles. The fraction of sp³-hybridized carbons (Fsp3) is 0.250. The van der Waals surface area contributed by atoms with Crippen molar-refractivity contribution >= 4 is 29.1 Å². The molecule has 1 saturated heterocycles. The topological polar surface area (TPSA) is 92.5 Å². The number of carbonyl (C=O) groups excluding carboxylic acids is 3. The zero-order valence-corrected chi connectivity index (χ0v) is 9.68. The van der Waals surface area contributed by atoms with Crippen LogP contribution in [0.5, 0.6) is 0 Å². The van der Waals surface area contributed by atoms with Gasteiger partial charge in [0.25, 0.3) is 0 Å². The Balaban J connectivity index is 1.97. The molecule has 3 N–H and O–H groups in total. The summed E-state index contributed by atoms with van der Waals surface area (Å²) in [5, 5.41) is 2.59. The summed E-state index contributed by atoms with van der Waals surface area (Å²) in [4.78, 5) is 35.3. The Labute approximate surface area is 104 Å². The van der Waals surface area contributed by atoms with Gasteiger partial charge in [0.15, 0.2) is 0 Å². The van der Waals surface area contributed by atoms with Gasteiger partial charge in [0.2, 0.25) is 17.7 Å². The van der Waals surface area contributed by atoms with Crippen LogP contribution in [0.25, 0.3) is 0 Å². The standard InChI is InChI=1S/C12H13N3O3/c13-8-2-1-3-9(6-8)14-10(16)7-15-11(17)4-5-12(15)18/h1-3,6H,4-5,7,13H2,(H,14,16). The van der Waals surface area contributed by atoms with Gasteiger partial charge < -0.3 is 11.1 Å². The van der Waals surface area contributed by atoms with Crippen molar-refractivity contribution in [3.8, 4) is 0 Å². The lowest BCUT2D eigenvalue weighted by molar-refractivity contribution is -0.141. The minimum atomic E-state index is -0.413. The second-order valence-electron chi connectivity index (χ2n) is 4.05. The Morgan fingerprint density at radius 1 is 1.28 bits per heavy atom. The number of likely N-dealkylation sites (tertiary alicyclic amines) is 1. The molecule has 0 atom stereocenters. The fourth-order valence-electron chi connectivity index (χ4n) is 1.76. The second-order valence-corrected chi connectivity index (χ2v) is 4.05. The highest BCUT2D eigenvalue weighted by molar-refractivity contribution is 6.06. The molecule has 3 amide bonds. The summed E-state index contributed by atoms with van der Waals surface area (Å²) in [5.41, 5.74) is 6.64. The van der Waals surface area contributed by atoms with Crippen LogP contribution in [-0.2, 0) is 14.4 Å². The molecule has 0 aromatic heterocycles. The third-order valence-electron chi connectivity index (χ3n) is 2.63. The summed E-state index contributed by atoms with van der Waals surface area (Å²) in [6.07, 6.45) is 0.370. The molecule has 1 aromatic carbocycles. The molecule has 0 bridgehead atoms. The third kappa shape index (κ3) is 2.65. The lowest BCUT2D eigenvalue weighted by Crippen LogP contribution is -2.36. The molecular formula is C12H13N3O3. The van der Waals surface area contributed by atoms with Crippen LogP contribution in [0.4, 0.5) is 11.4 Å².